The minimum atomic E-state index is -0.397. The number of ether oxygens (including phenoxy) is 1. The summed E-state index contributed by atoms with van der Waals surface area (Å²) in [4.78, 5) is 25.3. The molecule has 2 amide bonds. The van der Waals surface area contributed by atoms with Gasteiger partial charge in [0.25, 0.3) is 0 Å². The molecule has 1 aliphatic heterocycles. The van der Waals surface area contributed by atoms with Crippen LogP contribution in [0.3, 0.4) is 0 Å². The fraction of sp³-hybridized carbons (Fsp3) is 0.400. The third kappa shape index (κ3) is 3.72. The lowest BCUT2D eigenvalue weighted by molar-refractivity contribution is -0.121. The third-order valence-corrected chi connectivity index (χ3v) is 3.51. The summed E-state index contributed by atoms with van der Waals surface area (Å²) >= 11 is 0. The van der Waals surface area contributed by atoms with E-state index in [2.05, 4.69) is 10.1 Å². The van der Waals surface area contributed by atoms with Crippen LogP contribution in [-0.4, -0.2) is 37.1 Å². The Kier molecular flexibility index (Phi) is 4.77. The maximum atomic E-state index is 12.2. The molecule has 0 aliphatic carbocycles. The molecular formula is C15H17N3O3. The van der Waals surface area contributed by atoms with Crippen molar-refractivity contribution in [3.63, 3.8) is 0 Å². The largest absolute Gasteiger partial charge is 0.453 e. The van der Waals surface area contributed by atoms with Crippen LogP contribution >= 0.6 is 0 Å². The quantitative estimate of drug-likeness (QED) is 0.901. The molecule has 0 spiro atoms. The van der Waals surface area contributed by atoms with Gasteiger partial charge in [-0.2, -0.15) is 5.26 Å². The average Bonchev–Trinajstić information content (AvgIpc) is 2.55. The molecule has 0 aromatic heterocycles. The van der Waals surface area contributed by atoms with Crippen molar-refractivity contribution in [2.75, 3.05) is 25.5 Å². The van der Waals surface area contributed by atoms with E-state index in [1.54, 1.807) is 29.2 Å². The maximum Gasteiger partial charge on any atom is 0.409 e. The summed E-state index contributed by atoms with van der Waals surface area (Å²) in [6.07, 6.45) is 1.13. The van der Waals surface area contributed by atoms with Crippen molar-refractivity contribution >= 4 is 17.7 Å². The Morgan fingerprint density at radius 1 is 1.38 bits per heavy atom. The number of carbonyl (C=O) groups excluding carboxylic acids is 2. The van der Waals surface area contributed by atoms with E-state index >= 15 is 0 Å². The van der Waals surface area contributed by atoms with E-state index in [9.17, 15) is 9.59 Å². The molecule has 1 atom stereocenters. The summed E-state index contributed by atoms with van der Waals surface area (Å²) in [6.45, 7) is 0.988. The Balaban J connectivity index is 1.96. The number of nitriles is 1. The number of carbonyl (C=O) groups is 2. The standard InChI is InChI=1S/C15H17N3O3/c1-21-15(20)18-8-2-3-12(10-18)14(19)17-13-6-4-11(9-16)5-7-13/h4-7,12H,2-3,8,10H2,1H3,(H,17,19). The Morgan fingerprint density at radius 3 is 2.71 bits per heavy atom. The molecule has 110 valence electrons. The van der Waals surface area contributed by atoms with Crippen LogP contribution in [0.1, 0.15) is 18.4 Å². The van der Waals surface area contributed by atoms with Gasteiger partial charge in [-0.1, -0.05) is 0 Å². The summed E-state index contributed by atoms with van der Waals surface area (Å²) in [6, 6.07) is 8.71. The van der Waals surface area contributed by atoms with Gasteiger partial charge in [0.15, 0.2) is 0 Å². The number of piperidine rings is 1. The van der Waals surface area contributed by atoms with Gasteiger partial charge in [0.05, 0.1) is 24.7 Å². The summed E-state index contributed by atoms with van der Waals surface area (Å²) < 4.78 is 4.69. The molecule has 1 unspecified atom stereocenters. The summed E-state index contributed by atoms with van der Waals surface area (Å²) in [5.41, 5.74) is 1.19. The first-order valence-electron chi connectivity index (χ1n) is 6.78. The van der Waals surface area contributed by atoms with Crippen LogP contribution in [0.5, 0.6) is 0 Å². The first-order valence-corrected chi connectivity index (χ1v) is 6.78. The Labute approximate surface area is 123 Å². The lowest BCUT2D eigenvalue weighted by atomic mass is 9.97. The number of rotatable bonds is 2. The van der Waals surface area contributed by atoms with Gasteiger partial charge < -0.3 is 15.0 Å². The fourth-order valence-corrected chi connectivity index (χ4v) is 2.36. The molecule has 21 heavy (non-hydrogen) atoms. The van der Waals surface area contributed by atoms with Gasteiger partial charge >= 0.3 is 6.09 Å². The molecule has 1 fully saturated rings. The average molecular weight is 287 g/mol. The normalized spacial score (nSPS) is 17.7. The minimum Gasteiger partial charge on any atom is -0.453 e. The molecule has 2 rings (SSSR count). The third-order valence-electron chi connectivity index (χ3n) is 3.51. The number of anilines is 1. The Hall–Kier alpha value is -2.55. The van der Waals surface area contributed by atoms with Gasteiger partial charge in [-0.05, 0) is 37.1 Å². The van der Waals surface area contributed by atoms with Crippen LogP contribution in [0.25, 0.3) is 0 Å². The van der Waals surface area contributed by atoms with Gasteiger partial charge in [0.2, 0.25) is 5.91 Å². The van der Waals surface area contributed by atoms with E-state index in [0.29, 0.717) is 24.3 Å². The number of methoxy groups -OCH3 is 1. The predicted molar refractivity (Wildman–Crippen MR) is 76.5 cm³/mol. The van der Waals surface area contributed by atoms with Gasteiger partial charge in [-0.15, -0.1) is 0 Å². The molecule has 6 nitrogen and oxygen atoms in total. The van der Waals surface area contributed by atoms with E-state index in [-0.39, 0.29) is 11.8 Å². The van der Waals surface area contributed by atoms with Crippen molar-refractivity contribution in [1.29, 1.82) is 5.26 Å². The highest BCUT2D eigenvalue weighted by molar-refractivity contribution is 5.93. The molecule has 1 aliphatic rings. The molecule has 1 aromatic carbocycles. The highest BCUT2D eigenvalue weighted by atomic mass is 16.5. The second kappa shape index (κ2) is 6.75. The molecule has 1 heterocycles. The van der Waals surface area contributed by atoms with Crippen molar-refractivity contribution in [2.45, 2.75) is 12.8 Å². The number of hydrogen-bond acceptors (Lipinski definition) is 4. The van der Waals surface area contributed by atoms with Crippen molar-refractivity contribution in [3.05, 3.63) is 29.8 Å². The highest BCUT2D eigenvalue weighted by Crippen LogP contribution is 2.19. The number of benzene rings is 1. The second-order valence-electron chi connectivity index (χ2n) is 4.93. The first-order chi connectivity index (χ1) is 10.1. The van der Waals surface area contributed by atoms with Gasteiger partial charge in [0.1, 0.15) is 0 Å². The summed E-state index contributed by atoms with van der Waals surface area (Å²) in [5, 5.41) is 11.5. The van der Waals surface area contributed by atoms with Crippen molar-refractivity contribution in [2.24, 2.45) is 5.92 Å². The molecule has 0 saturated carbocycles. The van der Waals surface area contributed by atoms with Crippen LogP contribution in [-0.2, 0) is 9.53 Å². The first kappa shape index (κ1) is 14.9. The van der Waals surface area contributed by atoms with Gasteiger partial charge in [0, 0.05) is 18.8 Å². The van der Waals surface area contributed by atoms with Crippen LogP contribution in [0.4, 0.5) is 10.5 Å². The SMILES string of the molecule is COC(=O)N1CCCC(C(=O)Nc2ccc(C#N)cc2)C1. The fourth-order valence-electron chi connectivity index (χ4n) is 2.36. The van der Waals surface area contributed by atoms with E-state index < -0.39 is 6.09 Å². The van der Waals surface area contributed by atoms with E-state index in [1.165, 1.54) is 7.11 Å². The topological polar surface area (TPSA) is 82.4 Å². The molecule has 1 aromatic rings. The second-order valence-corrected chi connectivity index (χ2v) is 4.93. The molecule has 6 heteroatoms. The Bertz CT molecular complexity index is 563. The minimum absolute atomic E-state index is 0.117. The number of nitrogens with zero attached hydrogens (tertiary/aromatic N) is 2. The summed E-state index contributed by atoms with van der Waals surface area (Å²) in [7, 11) is 1.34. The zero-order valence-electron chi connectivity index (χ0n) is 11.8. The van der Waals surface area contributed by atoms with E-state index in [1.807, 2.05) is 6.07 Å². The van der Waals surface area contributed by atoms with Crippen molar-refractivity contribution in [3.8, 4) is 6.07 Å². The van der Waals surface area contributed by atoms with Gasteiger partial charge in [-0.25, -0.2) is 4.79 Å². The van der Waals surface area contributed by atoms with E-state index in [0.717, 1.165) is 12.8 Å². The number of hydrogen-bond donors (Lipinski definition) is 1. The maximum absolute atomic E-state index is 12.2. The van der Waals surface area contributed by atoms with Crippen molar-refractivity contribution < 1.29 is 14.3 Å². The van der Waals surface area contributed by atoms with Crippen LogP contribution in [0.15, 0.2) is 24.3 Å². The molecule has 1 N–H and O–H groups in total. The van der Waals surface area contributed by atoms with E-state index in [4.69, 9.17) is 5.26 Å². The lowest BCUT2D eigenvalue weighted by Crippen LogP contribution is -2.43. The molecule has 0 bridgehead atoms. The van der Waals surface area contributed by atoms with Gasteiger partial charge in [-0.3, -0.25) is 4.79 Å². The van der Waals surface area contributed by atoms with Crippen LogP contribution < -0.4 is 5.32 Å². The number of likely N-dealkylation sites (tertiary alicyclic amines) is 1. The zero-order valence-corrected chi connectivity index (χ0v) is 11.8. The smallest absolute Gasteiger partial charge is 0.409 e. The van der Waals surface area contributed by atoms with Crippen LogP contribution in [0.2, 0.25) is 0 Å². The van der Waals surface area contributed by atoms with Crippen LogP contribution in [0, 0.1) is 17.2 Å². The highest BCUT2D eigenvalue weighted by Gasteiger charge is 2.28. The Morgan fingerprint density at radius 2 is 2.10 bits per heavy atom. The summed E-state index contributed by atoms with van der Waals surface area (Å²) in [5.74, 6) is -0.359. The molecular weight excluding hydrogens is 270 g/mol. The molecule has 1 saturated heterocycles. The number of nitrogens with one attached hydrogen (secondary N) is 1. The number of amides is 2. The zero-order chi connectivity index (χ0) is 15.2. The predicted octanol–water partition coefficient (Wildman–Crippen LogP) is 1.98. The lowest BCUT2D eigenvalue weighted by Gasteiger charge is -2.30. The van der Waals surface area contributed by atoms with Crippen molar-refractivity contribution in [1.82, 2.24) is 4.90 Å². The molecule has 0 radical (unpaired) electrons. The monoisotopic (exact) mass is 287 g/mol.